The lowest BCUT2D eigenvalue weighted by Gasteiger charge is -2.33. The first-order valence-electron chi connectivity index (χ1n) is 7.82. The number of benzene rings is 1. The summed E-state index contributed by atoms with van der Waals surface area (Å²) < 4.78 is 0. The standard InChI is InChI=1S/C16H21N5O2.ClH/c1-10-9-21(8-7-17-10)16(23)11(2)18-15(22)14-12-5-3-4-6-13(12)19-20-14;/h3-6,10-11,17H,7-9H2,1-2H3,(H,18,22)(H,19,20);1H. The summed E-state index contributed by atoms with van der Waals surface area (Å²) in [5.41, 5.74) is 1.11. The van der Waals surface area contributed by atoms with Crippen molar-refractivity contribution in [2.45, 2.75) is 25.9 Å². The van der Waals surface area contributed by atoms with E-state index in [2.05, 4.69) is 20.8 Å². The molecule has 2 aromatic rings. The van der Waals surface area contributed by atoms with Crippen LogP contribution in [0.4, 0.5) is 0 Å². The third-order valence-corrected chi connectivity index (χ3v) is 4.08. The molecule has 3 N–H and O–H groups in total. The summed E-state index contributed by atoms with van der Waals surface area (Å²) in [6, 6.07) is 7.10. The van der Waals surface area contributed by atoms with E-state index in [1.807, 2.05) is 31.2 Å². The number of H-pyrrole nitrogens is 1. The Morgan fingerprint density at radius 3 is 2.88 bits per heavy atom. The minimum absolute atomic E-state index is 0. The van der Waals surface area contributed by atoms with E-state index >= 15 is 0 Å². The van der Waals surface area contributed by atoms with Crippen LogP contribution >= 0.6 is 12.4 Å². The molecule has 8 heteroatoms. The summed E-state index contributed by atoms with van der Waals surface area (Å²) in [6.07, 6.45) is 0. The first-order chi connectivity index (χ1) is 11.1. The van der Waals surface area contributed by atoms with E-state index in [1.165, 1.54) is 0 Å². The van der Waals surface area contributed by atoms with Gasteiger partial charge in [0.2, 0.25) is 5.91 Å². The number of nitrogens with zero attached hydrogens (tertiary/aromatic N) is 2. The molecule has 3 rings (SSSR count). The van der Waals surface area contributed by atoms with Gasteiger partial charge in [-0.15, -0.1) is 12.4 Å². The lowest BCUT2D eigenvalue weighted by Crippen LogP contribution is -2.56. The molecule has 1 saturated heterocycles. The van der Waals surface area contributed by atoms with Crippen molar-refractivity contribution in [1.82, 2.24) is 25.7 Å². The van der Waals surface area contributed by atoms with Crippen LogP contribution in [0.3, 0.4) is 0 Å². The van der Waals surface area contributed by atoms with Crippen molar-refractivity contribution in [3.63, 3.8) is 0 Å². The van der Waals surface area contributed by atoms with Crippen LogP contribution in [0.1, 0.15) is 24.3 Å². The summed E-state index contributed by atoms with van der Waals surface area (Å²) >= 11 is 0. The van der Waals surface area contributed by atoms with Crippen molar-refractivity contribution in [2.24, 2.45) is 0 Å². The molecule has 2 heterocycles. The number of aromatic amines is 1. The molecule has 130 valence electrons. The first kappa shape index (κ1) is 18.2. The highest BCUT2D eigenvalue weighted by Crippen LogP contribution is 2.15. The fraction of sp³-hybridized carbons (Fsp3) is 0.438. The average molecular weight is 352 g/mol. The third-order valence-electron chi connectivity index (χ3n) is 4.08. The van der Waals surface area contributed by atoms with Crippen molar-refractivity contribution in [2.75, 3.05) is 19.6 Å². The van der Waals surface area contributed by atoms with Crippen LogP contribution in [0.2, 0.25) is 0 Å². The molecular formula is C16H22ClN5O2. The maximum atomic E-state index is 12.5. The lowest BCUT2D eigenvalue weighted by atomic mass is 10.1. The van der Waals surface area contributed by atoms with Crippen LogP contribution in [-0.4, -0.2) is 58.6 Å². The topological polar surface area (TPSA) is 90.1 Å². The number of rotatable bonds is 3. The molecule has 1 aliphatic rings. The molecule has 24 heavy (non-hydrogen) atoms. The van der Waals surface area contributed by atoms with E-state index in [-0.39, 0.29) is 30.3 Å². The number of nitrogens with one attached hydrogen (secondary N) is 3. The predicted octanol–water partition coefficient (Wildman–Crippen LogP) is 0.923. The molecule has 0 saturated carbocycles. The Hall–Kier alpha value is -2.12. The summed E-state index contributed by atoms with van der Waals surface area (Å²) in [5, 5.41) is 13.7. The molecule has 2 unspecified atom stereocenters. The molecule has 7 nitrogen and oxygen atoms in total. The van der Waals surface area contributed by atoms with Gasteiger partial charge in [-0.1, -0.05) is 18.2 Å². The molecular weight excluding hydrogens is 330 g/mol. The van der Waals surface area contributed by atoms with Gasteiger partial charge in [-0.25, -0.2) is 0 Å². The highest BCUT2D eigenvalue weighted by Gasteiger charge is 2.26. The zero-order valence-corrected chi connectivity index (χ0v) is 14.5. The van der Waals surface area contributed by atoms with E-state index in [0.29, 0.717) is 18.8 Å². The minimum Gasteiger partial charge on any atom is -0.339 e. The molecule has 0 aliphatic carbocycles. The number of hydrogen-bond acceptors (Lipinski definition) is 4. The first-order valence-corrected chi connectivity index (χ1v) is 7.82. The lowest BCUT2D eigenvalue weighted by molar-refractivity contribution is -0.133. The van der Waals surface area contributed by atoms with Gasteiger partial charge in [-0.2, -0.15) is 5.10 Å². The van der Waals surface area contributed by atoms with Gasteiger partial charge in [0.05, 0.1) is 5.52 Å². The molecule has 0 bridgehead atoms. The van der Waals surface area contributed by atoms with Crippen LogP contribution in [-0.2, 0) is 4.79 Å². The van der Waals surface area contributed by atoms with Crippen LogP contribution < -0.4 is 10.6 Å². The van der Waals surface area contributed by atoms with Gasteiger partial charge >= 0.3 is 0 Å². The zero-order chi connectivity index (χ0) is 16.4. The van der Waals surface area contributed by atoms with E-state index in [0.717, 1.165) is 17.4 Å². The Balaban J connectivity index is 0.00000208. The fourth-order valence-corrected chi connectivity index (χ4v) is 2.87. The van der Waals surface area contributed by atoms with Crippen molar-refractivity contribution in [3.05, 3.63) is 30.0 Å². The average Bonchev–Trinajstić information content (AvgIpc) is 2.98. The number of hydrogen-bond donors (Lipinski definition) is 3. The number of halogens is 1. The maximum Gasteiger partial charge on any atom is 0.273 e. The molecule has 0 spiro atoms. The largest absolute Gasteiger partial charge is 0.339 e. The molecule has 0 radical (unpaired) electrons. The van der Waals surface area contributed by atoms with Crippen molar-refractivity contribution in [3.8, 4) is 0 Å². The normalized spacial score (nSPS) is 18.8. The molecule has 1 aliphatic heterocycles. The molecule has 1 aromatic heterocycles. The summed E-state index contributed by atoms with van der Waals surface area (Å²) in [5.74, 6) is -0.405. The minimum atomic E-state index is -0.580. The summed E-state index contributed by atoms with van der Waals surface area (Å²) in [4.78, 5) is 26.7. The van der Waals surface area contributed by atoms with Crippen LogP contribution in [0.15, 0.2) is 24.3 Å². The number of para-hydroxylation sites is 1. The van der Waals surface area contributed by atoms with Crippen LogP contribution in [0, 0.1) is 0 Å². The Morgan fingerprint density at radius 1 is 1.38 bits per heavy atom. The van der Waals surface area contributed by atoms with Crippen molar-refractivity contribution < 1.29 is 9.59 Å². The number of carbonyl (C=O) groups excluding carboxylic acids is 2. The quantitative estimate of drug-likeness (QED) is 0.767. The second-order valence-electron chi connectivity index (χ2n) is 5.95. The monoisotopic (exact) mass is 351 g/mol. The van der Waals surface area contributed by atoms with E-state index in [9.17, 15) is 9.59 Å². The summed E-state index contributed by atoms with van der Waals surface area (Å²) in [6.45, 7) is 5.84. The van der Waals surface area contributed by atoms with E-state index < -0.39 is 6.04 Å². The van der Waals surface area contributed by atoms with E-state index in [1.54, 1.807) is 11.8 Å². The zero-order valence-electron chi connectivity index (χ0n) is 13.7. The third kappa shape index (κ3) is 3.68. The predicted molar refractivity (Wildman–Crippen MR) is 94.3 cm³/mol. The van der Waals surface area contributed by atoms with Crippen LogP contribution in [0.5, 0.6) is 0 Å². The van der Waals surface area contributed by atoms with Gasteiger partial charge < -0.3 is 15.5 Å². The molecule has 2 amide bonds. The van der Waals surface area contributed by atoms with Gasteiger partial charge in [0.25, 0.3) is 5.91 Å². The van der Waals surface area contributed by atoms with E-state index in [4.69, 9.17) is 0 Å². The second-order valence-corrected chi connectivity index (χ2v) is 5.95. The van der Waals surface area contributed by atoms with Crippen molar-refractivity contribution >= 4 is 35.1 Å². The van der Waals surface area contributed by atoms with Gasteiger partial charge in [0, 0.05) is 31.1 Å². The van der Waals surface area contributed by atoms with Crippen molar-refractivity contribution in [1.29, 1.82) is 0 Å². The van der Waals surface area contributed by atoms with Gasteiger partial charge in [0.1, 0.15) is 6.04 Å². The molecule has 2 atom stereocenters. The van der Waals surface area contributed by atoms with Crippen LogP contribution in [0.25, 0.3) is 10.9 Å². The Bertz CT molecular complexity index is 732. The molecule has 1 aromatic carbocycles. The fourth-order valence-electron chi connectivity index (χ4n) is 2.87. The van der Waals surface area contributed by atoms with Gasteiger partial charge in [-0.05, 0) is 19.9 Å². The number of amides is 2. The number of piperazine rings is 1. The highest BCUT2D eigenvalue weighted by atomic mass is 35.5. The summed E-state index contributed by atoms with van der Waals surface area (Å²) in [7, 11) is 0. The Morgan fingerprint density at radius 2 is 2.12 bits per heavy atom. The number of aromatic nitrogens is 2. The molecule has 1 fully saturated rings. The smallest absolute Gasteiger partial charge is 0.273 e. The van der Waals surface area contributed by atoms with Gasteiger partial charge in [-0.3, -0.25) is 14.7 Å². The SMILES string of the molecule is CC1CN(C(=O)C(C)NC(=O)c2n[nH]c3ccccc23)CCN1.Cl. The maximum absolute atomic E-state index is 12.5. The van der Waals surface area contributed by atoms with Gasteiger partial charge in [0.15, 0.2) is 5.69 Å². The second kappa shape index (κ2) is 7.63. The Labute approximate surface area is 146 Å². The number of carbonyl (C=O) groups is 2. The Kier molecular flexibility index (Phi) is 5.80. The number of fused-ring (bicyclic) bond motifs is 1. The highest BCUT2D eigenvalue weighted by molar-refractivity contribution is 6.05.